The van der Waals surface area contributed by atoms with E-state index in [1.807, 2.05) is 0 Å². The molecule has 0 N–H and O–H groups in total. The maximum atomic E-state index is 11.5. The zero-order valence-electron chi connectivity index (χ0n) is 10.6. The summed E-state index contributed by atoms with van der Waals surface area (Å²) in [6.45, 7) is 2.39. The molecule has 2 unspecified atom stereocenters. The molecule has 0 amide bonds. The minimum atomic E-state index is 0.497. The van der Waals surface area contributed by atoms with Crippen LogP contribution in [-0.4, -0.2) is 54.9 Å². The largest absolute Gasteiger partial charge is 0.309 e. The maximum Gasteiger partial charge on any atom is 0.136 e. The highest BCUT2D eigenvalue weighted by molar-refractivity contribution is 5.80. The minimum absolute atomic E-state index is 0.497. The van der Waals surface area contributed by atoms with Crippen molar-refractivity contribution in [2.75, 3.05) is 27.2 Å². The number of hydrogen-bond donors (Lipinski definition) is 0. The molecule has 16 heavy (non-hydrogen) atoms. The number of Topliss-reactive ketones (excluding diaryl/α,β-unsaturated/α-hetero) is 1. The van der Waals surface area contributed by atoms with Gasteiger partial charge in [-0.15, -0.1) is 0 Å². The molecule has 92 valence electrons. The van der Waals surface area contributed by atoms with Crippen molar-refractivity contribution < 1.29 is 4.79 Å². The highest BCUT2D eigenvalue weighted by Crippen LogP contribution is 2.33. The normalized spacial score (nSPS) is 30.3. The molecule has 2 saturated heterocycles. The molecule has 2 aliphatic rings. The van der Waals surface area contributed by atoms with E-state index in [2.05, 4.69) is 23.9 Å². The van der Waals surface area contributed by atoms with Gasteiger partial charge < -0.3 is 4.90 Å². The van der Waals surface area contributed by atoms with Crippen molar-refractivity contribution in [3.05, 3.63) is 0 Å². The van der Waals surface area contributed by atoms with Crippen molar-refractivity contribution in [1.82, 2.24) is 9.80 Å². The second kappa shape index (κ2) is 5.28. The number of nitrogens with zero attached hydrogens (tertiary/aromatic N) is 2. The third kappa shape index (κ3) is 2.83. The van der Waals surface area contributed by atoms with Gasteiger partial charge in [0.05, 0.1) is 0 Å². The standard InChI is InChI=1S/C13H24N2O/c1-14(2)7-3-4-8-15-11-5-6-12(15)10-13(16)9-11/h11-12H,3-10H2,1-2H3. The molecule has 2 rings (SSSR count). The molecule has 2 atom stereocenters. The Kier molecular flexibility index (Phi) is 3.98. The number of carbonyl (C=O) groups is 1. The number of piperidine rings is 1. The Morgan fingerprint density at radius 3 is 2.38 bits per heavy atom. The van der Waals surface area contributed by atoms with Crippen LogP contribution in [0.1, 0.15) is 38.5 Å². The van der Waals surface area contributed by atoms with Crippen molar-refractivity contribution >= 4 is 5.78 Å². The van der Waals surface area contributed by atoms with Gasteiger partial charge in [-0.1, -0.05) is 0 Å². The van der Waals surface area contributed by atoms with Gasteiger partial charge in [-0.25, -0.2) is 0 Å². The van der Waals surface area contributed by atoms with Crippen molar-refractivity contribution in [2.24, 2.45) is 0 Å². The molecular weight excluding hydrogens is 200 g/mol. The summed E-state index contributed by atoms with van der Waals surface area (Å²) in [6, 6.07) is 1.18. The number of fused-ring (bicyclic) bond motifs is 2. The van der Waals surface area contributed by atoms with Crippen LogP contribution in [0.25, 0.3) is 0 Å². The lowest BCUT2D eigenvalue weighted by atomic mass is 10.0. The predicted octanol–water partition coefficient (Wildman–Crippen LogP) is 1.52. The average molecular weight is 224 g/mol. The van der Waals surface area contributed by atoms with Crippen LogP contribution in [0.5, 0.6) is 0 Å². The van der Waals surface area contributed by atoms with Gasteiger partial charge in [-0.05, 0) is 52.9 Å². The van der Waals surface area contributed by atoms with Crippen LogP contribution in [0.15, 0.2) is 0 Å². The molecule has 0 aromatic carbocycles. The molecule has 0 spiro atoms. The fourth-order valence-corrected chi connectivity index (χ4v) is 3.15. The zero-order valence-corrected chi connectivity index (χ0v) is 10.6. The smallest absolute Gasteiger partial charge is 0.136 e. The molecule has 0 radical (unpaired) electrons. The number of rotatable bonds is 5. The zero-order chi connectivity index (χ0) is 11.5. The van der Waals surface area contributed by atoms with E-state index in [9.17, 15) is 4.79 Å². The third-order valence-corrected chi connectivity index (χ3v) is 3.97. The Balaban J connectivity index is 1.72. The Bertz CT molecular complexity index is 236. The van der Waals surface area contributed by atoms with Crippen molar-refractivity contribution in [2.45, 2.75) is 50.6 Å². The molecule has 0 aliphatic carbocycles. The van der Waals surface area contributed by atoms with Gasteiger partial charge >= 0.3 is 0 Å². The number of ketones is 1. The summed E-state index contributed by atoms with van der Waals surface area (Å²) in [6.07, 6.45) is 6.71. The second-order valence-electron chi connectivity index (χ2n) is 5.58. The molecule has 3 heteroatoms. The molecular formula is C13H24N2O. The monoisotopic (exact) mass is 224 g/mol. The molecule has 0 saturated carbocycles. The summed E-state index contributed by atoms with van der Waals surface area (Å²) in [4.78, 5) is 16.3. The first-order chi connectivity index (χ1) is 7.66. The maximum absolute atomic E-state index is 11.5. The summed E-state index contributed by atoms with van der Waals surface area (Å²) in [7, 11) is 4.26. The first kappa shape index (κ1) is 12.1. The van der Waals surface area contributed by atoms with E-state index in [0.29, 0.717) is 17.9 Å². The Morgan fingerprint density at radius 1 is 1.19 bits per heavy atom. The lowest BCUT2D eigenvalue weighted by Crippen LogP contribution is -2.43. The lowest BCUT2D eigenvalue weighted by molar-refractivity contribution is -0.123. The predicted molar refractivity (Wildman–Crippen MR) is 65.5 cm³/mol. The lowest BCUT2D eigenvalue weighted by Gasteiger charge is -2.34. The van der Waals surface area contributed by atoms with Crippen molar-refractivity contribution in [3.63, 3.8) is 0 Å². The van der Waals surface area contributed by atoms with Gasteiger partial charge in [0.15, 0.2) is 0 Å². The highest BCUT2D eigenvalue weighted by atomic mass is 16.1. The van der Waals surface area contributed by atoms with Crippen LogP contribution in [-0.2, 0) is 4.79 Å². The Hall–Kier alpha value is -0.410. The summed E-state index contributed by atoms with van der Waals surface area (Å²) in [5.41, 5.74) is 0. The molecule has 2 bridgehead atoms. The highest BCUT2D eigenvalue weighted by Gasteiger charge is 2.39. The summed E-state index contributed by atoms with van der Waals surface area (Å²) in [5, 5.41) is 0. The van der Waals surface area contributed by atoms with Crippen molar-refractivity contribution in [1.29, 1.82) is 0 Å². The van der Waals surface area contributed by atoms with Crippen LogP contribution in [0.2, 0.25) is 0 Å². The van der Waals surface area contributed by atoms with E-state index in [-0.39, 0.29) is 0 Å². The molecule has 2 fully saturated rings. The van der Waals surface area contributed by atoms with Crippen LogP contribution in [0.3, 0.4) is 0 Å². The molecule has 2 heterocycles. The summed E-state index contributed by atoms with van der Waals surface area (Å²) >= 11 is 0. The van der Waals surface area contributed by atoms with E-state index in [0.717, 1.165) is 12.8 Å². The fraction of sp³-hybridized carbons (Fsp3) is 0.923. The number of unbranched alkanes of at least 4 members (excludes halogenated alkanes) is 1. The molecule has 0 aromatic heterocycles. The van der Waals surface area contributed by atoms with E-state index in [1.165, 1.54) is 38.8 Å². The van der Waals surface area contributed by atoms with Gasteiger partial charge in [-0.2, -0.15) is 0 Å². The van der Waals surface area contributed by atoms with E-state index in [4.69, 9.17) is 0 Å². The van der Waals surface area contributed by atoms with E-state index in [1.54, 1.807) is 0 Å². The molecule has 3 nitrogen and oxygen atoms in total. The summed E-state index contributed by atoms with van der Waals surface area (Å²) in [5.74, 6) is 0.497. The Morgan fingerprint density at radius 2 is 1.81 bits per heavy atom. The number of carbonyl (C=O) groups excluding carboxylic acids is 1. The first-order valence-electron chi connectivity index (χ1n) is 6.59. The van der Waals surface area contributed by atoms with Gasteiger partial charge in [0, 0.05) is 24.9 Å². The fourth-order valence-electron chi connectivity index (χ4n) is 3.15. The topological polar surface area (TPSA) is 23.6 Å². The summed E-state index contributed by atoms with van der Waals surface area (Å²) < 4.78 is 0. The van der Waals surface area contributed by atoms with E-state index >= 15 is 0 Å². The van der Waals surface area contributed by atoms with E-state index < -0.39 is 0 Å². The van der Waals surface area contributed by atoms with Gasteiger partial charge in [0.1, 0.15) is 5.78 Å². The van der Waals surface area contributed by atoms with Crippen LogP contribution in [0, 0.1) is 0 Å². The van der Waals surface area contributed by atoms with Gasteiger partial charge in [0.2, 0.25) is 0 Å². The Labute approximate surface area is 98.8 Å². The van der Waals surface area contributed by atoms with Gasteiger partial charge in [0.25, 0.3) is 0 Å². The van der Waals surface area contributed by atoms with Crippen molar-refractivity contribution in [3.8, 4) is 0 Å². The van der Waals surface area contributed by atoms with Crippen LogP contribution >= 0.6 is 0 Å². The quantitative estimate of drug-likeness (QED) is 0.662. The van der Waals surface area contributed by atoms with Crippen LogP contribution < -0.4 is 0 Å². The molecule has 0 aromatic rings. The second-order valence-corrected chi connectivity index (χ2v) is 5.58. The number of hydrogen-bond acceptors (Lipinski definition) is 3. The average Bonchev–Trinajstić information content (AvgIpc) is 2.45. The SMILES string of the molecule is CN(C)CCCCN1C2CCC1CC(=O)C2. The third-order valence-electron chi connectivity index (χ3n) is 3.97. The van der Waals surface area contributed by atoms with Crippen LogP contribution in [0.4, 0.5) is 0 Å². The van der Waals surface area contributed by atoms with Gasteiger partial charge in [-0.3, -0.25) is 9.69 Å². The minimum Gasteiger partial charge on any atom is -0.309 e. The molecule has 2 aliphatic heterocycles. The first-order valence-corrected chi connectivity index (χ1v) is 6.59.